The van der Waals surface area contributed by atoms with Gasteiger partial charge in [-0.25, -0.2) is 4.98 Å². The summed E-state index contributed by atoms with van der Waals surface area (Å²) in [6.07, 6.45) is 5.41. The third-order valence-corrected chi connectivity index (χ3v) is 2.29. The van der Waals surface area contributed by atoms with Crippen molar-refractivity contribution in [3.8, 4) is 0 Å². The molecule has 1 aromatic rings. The van der Waals surface area contributed by atoms with Crippen molar-refractivity contribution in [2.45, 2.75) is 12.5 Å². The Morgan fingerprint density at radius 2 is 2.33 bits per heavy atom. The molecule has 1 aromatic heterocycles. The summed E-state index contributed by atoms with van der Waals surface area (Å²) in [5.41, 5.74) is 6.10. The van der Waals surface area contributed by atoms with Gasteiger partial charge < -0.3 is 10.6 Å². The van der Waals surface area contributed by atoms with E-state index in [0.29, 0.717) is 12.2 Å². The fourth-order valence-electron chi connectivity index (χ4n) is 1.54. The number of carbonyl (C=O) groups is 1. The van der Waals surface area contributed by atoms with Crippen LogP contribution in [-0.2, 0) is 0 Å². The van der Waals surface area contributed by atoms with Crippen LogP contribution < -0.4 is 5.73 Å². The average molecular weight is 229 g/mol. The van der Waals surface area contributed by atoms with Crippen LogP contribution in [0.5, 0.6) is 0 Å². The summed E-state index contributed by atoms with van der Waals surface area (Å²) in [4.78, 5) is 21.3. The van der Waals surface area contributed by atoms with Gasteiger partial charge >= 0.3 is 0 Å². The Labute approximate surface area is 94.1 Å². The molecule has 2 heterocycles. The number of hydrogen-bond donors (Lipinski definition) is 1. The Kier molecular flexibility index (Phi) is 3.99. The SMILES string of the molecule is Cl.NC1CCN(C(=O)c2cnccn2)C1. The minimum atomic E-state index is -0.0777. The molecular formula is C9H13ClN4O. The standard InChI is InChI=1S/C9H12N4O.ClH/c10-7-1-4-13(6-7)9(14)8-5-11-2-3-12-8;/h2-3,5,7H,1,4,6,10H2;1H. The van der Waals surface area contributed by atoms with Gasteiger partial charge in [-0.05, 0) is 6.42 Å². The summed E-state index contributed by atoms with van der Waals surface area (Å²) in [6, 6.07) is 0.107. The summed E-state index contributed by atoms with van der Waals surface area (Å²) in [5.74, 6) is -0.0777. The zero-order chi connectivity index (χ0) is 9.97. The molecule has 6 heteroatoms. The number of nitrogens with zero attached hydrogens (tertiary/aromatic N) is 3. The van der Waals surface area contributed by atoms with Gasteiger partial charge in [0.2, 0.25) is 0 Å². The third kappa shape index (κ3) is 2.64. The highest BCUT2D eigenvalue weighted by Crippen LogP contribution is 2.09. The molecule has 2 rings (SSSR count). The lowest BCUT2D eigenvalue weighted by atomic mass is 10.3. The smallest absolute Gasteiger partial charge is 0.274 e. The molecule has 1 aliphatic rings. The molecule has 1 saturated heterocycles. The molecule has 0 saturated carbocycles. The van der Waals surface area contributed by atoms with Crippen molar-refractivity contribution in [3.63, 3.8) is 0 Å². The lowest BCUT2D eigenvalue weighted by Gasteiger charge is -2.14. The van der Waals surface area contributed by atoms with Crippen LogP contribution in [0.2, 0.25) is 0 Å². The second-order valence-electron chi connectivity index (χ2n) is 3.39. The Morgan fingerprint density at radius 3 is 2.87 bits per heavy atom. The van der Waals surface area contributed by atoms with E-state index in [0.717, 1.165) is 13.0 Å². The van der Waals surface area contributed by atoms with Crippen molar-refractivity contribution >= 4 is 18.3 Å². The monoisotopic (exact) mass is 228 g/mol. The number of amides is 1. The van der Waals surface area contributed by atoms with E-state index in [1.807, 2.05) is 0 Å². The van der Waals surface area contributed by atoms with Gasteiger partial charge in [-0.2, -0.15) is 0 Å². The molecule has 1 amide bonds. The minimum Gasteiger partial charge on any atom is -0.336 e. The molecule has 0 aliphatic carbocycles. The van der Waals surface area contributed by atoms with Crippen molar-refractivity contribution < 1.29 is 4.79 Å². The van der Waals surface area contributed by atoms with Crippen molar-refractivity contribution in [1.82, 2.24) is 14.9 Å². The first kappa shape index (κ1) is 11.9. The lowest BCUT2D eigenvalue weighted by molar-refractivity contribution is 0.0784. The fourth-order valence-corrected chi connectivity index (χ4v) is 1.54. The van der Waals surface area contributed by atoms with Crippen molar-refractivity contribution in [2.24, 2.45) is 5.73 Å². The van der Waals surface area contributed by atoms with E-state index in [2.05, 4.69) is 9.97 Å². The lowest BCUT2D eigenvalue weighted by Crippen LogP contribution is -2.32. The maximum atomic E-state index is 11.8. The van der Waals surface area contributed by atoms with E-state index in [1.165, 1.54) is 12.4 Å². The maximum absolute atomic E-state index is 11.8. The van der Waals surface area contributed by atoms with E-state index in [4.69, 9.17) is 5.73 Å². The molecule has 2 N–H and O–H groups in total. The van der Waals surface area contributed by atoms with Crippen LogP contribution in [0.3, 0.4) is 0 Å². The molecular weight excluding hydrogens is 216 g/mol. The summed E-state index contributed by atoms with van der Waals surface area (Å²) in [5, 5.41) is 0. The van der Waals surface area contributed by atoms with Gasteiger partial charge in [0.25, 0.3) is 5.91 Å². The van der Waals surface area contributed by atoms with Crippen LogP contribution in [0.15, 0.2) is 18.6 Å². The Bertz CT molecular complexity index is 332. The first-order chi connectivity index (χ1) is 6.77. The van der Waals surface area contributed by atoms with E-state index in [1.54, 1.807) is 11.1 Å². The van der Waals surface area contributed by atoms with Crippen LogP contribution >= 0.6 is 12.4 Å². The Balaban J connectivity index is 0.00000112. The number of rotatable bonds is 1. The van der Waals surface area contributed by atoms with Crippen LogP contribution in [0, 0.1) is 0 Å². The molecule has 0 radical (unpaired) electrons. The van der Waals surface area contributed by atoms with E-state index >= 15 is 0 Å². The molecule has 5 nitrogen and oxygen atoms in total. The average Bonchev–Trinajstić information content (AvgIpc) is 2.65. The predicted octanol–water partition coefficient (Wildman–Crippen LogP) is 0.0716. The highest BCUT2D eigenvalue weighted by atomic mass is 35.5. The fraction of sp³-hybridized carbons (Fsp3) is 0.444. The normalized spacial score (nSPS) is 19.8. The van der Waals surface area contributed by atoms with Crippen LogP contribution in [0.4, 0.5) is 0 Å². The van der Waals surface area contributed by atoms with Gasteiger partial charge in [-0.1, -0.05) is 0 Å². The van der Waals surface area contributed by atoms with Gasteiger partial charge in [0.05, 0.1) is 6.20 Å². The number of likely N-dealkylation sites (tertiary alicyclic amines) is 1. The quantitative estimate of drug-likeness (QED) is 0.739. The maximum Gasteiger partial charge on any atom is 0.274 e. The van der Waals surface area contributed by atoms with E-state index < -0.39 is 0 Å². The first-order valence-corrected chi connectivity index (χ1v) is 4.58. The predicted molar refractivity (Wildman–Crippen MR) is 57.8 cm³/mol. The number of hydrogen-bond acceptors (Lipinski definition) is 4. The first-order valence-electron chi connectivity index (χ1n) is 4.58. The van der Waals surface area contributed by atoms with Gasteiger partial charge in [0.1, 0.15) is 5.69 Å². The number of aromatic nitrogens is 2. The highest BCUT2D eigenvalue weighted by molar-refractivity contribution is 5.92. The molecule has 1 atom stereocenters. The second-order valence-corrected chi connectivity index (χ2v) is 3.39. The number of nitrogens with two attached hydrogens (primary N) is 1. The van der Waals surface area contributed by atoms with Crippen molar-refractivity contribution in [2.75, 3.05) is 13.1 Å². The van der Waals surface area contributed by atoms with Crippen LogP contribution in [0.1, 0.15) is 16.9 Å². The second kappa shape index (κ2) is 5.04. The van der Waals surface area contributed by atoms with Crippen LogP contribution in [0.25, 0.3) is 0 Å². The molecule has 0 aromatic carbocycles. The van der Waals surface area contributed by atoms with Gasteiger partial charge in [-0.3, -0.25) is 9.78 Å². The third-order valence-electron chi connectivity index (χ3n) is 2.29. The van der Waals surface area contributed by atoms with Crippen molar-refractivity contribution in [3.05, 3.63) is 24.3 Å². The van der Waals surface area contributed by atoms with Gasteiger partial charge in [0, 0.05) is 31.5 Å². The Hall–Kier alpha value is -1.20. The molecule has 15 heavy (non-hydrogen) atoms. The zero-order valence-electron chi connectivity index (χ0n) is 8.17. The van der Waals surface area contributed by atoms with E-state index in [-0.39, 0.29) is 24.4 Å². The number of halogens is 1. The number of carbonyl (C=O) groups excluding carboxylic acids is 1. The topological polar surface area (TPSA) is 72.1 Å². The molecule has 1 fully saturated rings. The largest absolute Gasteiger partial charge is 0.336 e. The Morgan fingerprint density at radius 1 is 1.53 bits per heavy atom. The van der Waals surface area contributed by atoms with Gasteiger partial charge in [0.15, 0.2) is 0 Å². The highest BCUT2D eigenvalue weighted by Gasteiger charge is 2.25. The summed E-state index contributed by atoms with van der Waals surface area (Å²) in [6.45, 7) is 1.34. The molecule has 0 bridgehead atoms. The molecule has 0 spiro atoms. The summed E-state index contributed by atoms with van der Waals surface area (Å²) < 4.78 is 0. The molecule has 82 valence electrons. The van der Waals surface area contributed by atoms with E-state index in [9.17, 15) is 4.79 Å². The minimum absolute atomic E-state index is 0. The molecule has 1 aliphatic heterocycles. The summed E-state index contributed by atoms with van der Waals surface area (Å²) >= 11 is 0. The summed E-state index contributed by atoms with van der Waals surface area (Å²) in [7, 11) is 0. The van der Waals surface area contributed by atoms with Crippen LogP contribution in [-0.4, -0.2) is 39.9 Å². The van der Waals surface area contributed by atoms with Gasteiger partial charge in [-0.15, -0.1) is 12.4 Å². The van der Waals surface area contributed by atoms with Crippen molar-refractivity contribution in [1.29, 1.82) is 0 Å². The molecule has 1 unspecified atom stereocenters. The zero-order valence-corrected chi connectivity index (χ0v) is 8.98.